The van der Waals surface area contributed by atoms with Crippen molar-refractivity contribution in [2.24, 2.45) is 0 Å². The summed E-state index contributed by atoms with van der Waals surface area (Å²) in [5, 5.41) is 0. The summed E-state index contributed by atoms with van der Waals surface area (Å²) < 4.78 is 52.6. The Kier molecular flexibility index (Phi) is 6.89. The number of hydrogen-bond donors (Lipinski definition) is 0. The molecule has 0 atom stereocenters. The minimum atomic E-state index is -3.23. The van der Waals surface area contributed by atoms with Crippen LogP contribution in [0.15, 0.2) is 48.5 Å². The van der Waals surface area contributed by atoms with Crippen LogP contribution in [0.5, 0.6) is 5.75 Å². The van der Waals surface area contributed by atoms with E-state index in [1.807, 2.05) is 0 Å². The Balaban J connectivity index is 1.65. The molecule has 1 aliphatic heterocycles. The second-order valence-electron chi connectivity index (χ2n) is 7.23. The summed E-state index contributed by atoms with van der Waals surface area (Å²) in [6, 6.07) is 12.2. The number of piperazine rings is 1. The zero-order chi connectivity index (χ0) is 22.6. The molecular weight excluding hydrogens is 430 g/mol. The van der Waals surface area contributed by atoms with Crippen LogP contribution in [0.3, 0.4) is 0 Å². The van der Waals surface area contributed by atoms with Crippen molar-refractivity contribution in [1.29, 1.82) is 0 Å². The Morgan fingerprint density at radius 3 is 2.19 bits per heavy atom. The summed E-state index contributed by atoms with van der Waals surface area (Å²) in [4.78, 5) is 28.6. The fraction of sp³-hybridized carbons (Fsp3) is 0.333. The lowest BCUT2D eigenvalue weighted by molar-refractivity contribution is -0.0503. The molecule has 166 valence electrons. The molecule has 3 rings (SSSR count). The van der Waals surface area contributed by atoms with E-state index in [-0.39, 0.29) is 49.2 Å². The van der Waals surface area contributed by atoms with E-state index < -0.39 is 22.4 Å². The largest absolute Gasteiger partial charge is 0.434 e. The zero-order valence-electron chi connectivity index (χ0n) is 16.8. The lowest BCUT2D eigenvalue weighted by atomic mass is 10.1. The monoisotopic (exact) mass is 452 g/mol. The normalized spacial score (nSPS) is 14.6. The summed E-state index contributed by atoms with van der Waals surface area (Å²) in [5.74, 6) is -1.05. The number of ether oxygens (including phenoxy) is 1. The SMILES string of the molecule is CS(=O)(=O)Cc1cccc(C(=O)N2CCN(C(=O)c3ccccc3OC(F)F)CC2)c1. The quantitative estimate of drug-likeness (QED) is 0.672. The highest BCUT2D eigenvalue weighted by Gasteiger charge is 2.27. The van der Waals surface area contributed by atoms with Gasteiger partial charge in [-0.3, -0.25) is 9.59 Å². The van der Waals surface area contributed by atoms with E-state index in [4.69, 9.17) is 0 Å². The van der Waals surface area contributed by atoms with Crippen LogP contribution in [0.2, 0.25) is 0 Å². The van der Waals surface area contributed by atoms with Gasteiger partial charge in [-0.25, -0.2) is 8.42 Å². The van der Waals surface area contributed by atoms with Crippen molar-refractivity contribution < 1.29 is 31.5 Å². The molecule has 0 unspecified atom stereocenters. The molecule has 0 saturated carbocycles. The predicted molar refractivity (Wildman–Crippen MR) is 110 cm³/mol. The van der Waals surface area contributed by atoms with Gasteiger partial charge in [-0.1, -0.05) is 24.3 Å². The number of para-hydroxylation sites is 1. The highest BCUT2D eigenvalue weighted by Crippen LogP contribution is 2.23. The van der Waals surface area contributed by atoms with Gasteiger partial charge >= 0.3 is 6.61 Å². The zero-order valence-corrected chi connectivity index (χ0v) is 17.6. The first-order valence-corrected chi connectivity index (χ1v) is 11.6. The smallest absolute Gasteiger partial charge is 0.387 e. The number of nitrogens with zero attached hydrogens (tertiary/aromatic N) is 2. The molecule has 10 heteroatoms. The molecule has 0 radical (unpaired) electrons. The van der Waals surface area contributed by atoms with Gasteiger partial charge in [-0.05, 0) is 29.8 Å². The summed E-state index contributed by atoms with van der Waals surface area (Å²) in [6.07, 6.45) is 1.13. The molecule has 2 aromatic rings. The second kappa shape index (κ2) is 9.42. The van der Waals surface area contributed by atoms with E-state index in [9.17, 15) is 26.8 Å². The highest BCUT2D eigenvalue weighted by atomic mass is 32.2. The van der Waals surface area contributed by atoms with Crippen LogP contribution in [0.4, 0.5) is 8.78 Å². The third-order valence-corrected chi connectivity index (χ3v) is 5.65. The topological polar surface area (TPSA) is 84.0 Å². The third kappa shape index (κ3) is 6.00. The van der Waals surface area contributed by atoms with Crippen molar-refractivity contribution in [1.82, 2.24) is 9.80 Å². The Labute approximate surface area is 179 Å². The molecule has 0 aromatic heterocycles. The average Bonchev–Trinajstić information content (AvgIpc) is 2.72. The van der Waals surface area contributed by atoms with Gasteiger partial charge in [0.15, 0.2) is 9.84 Å². The molecule has 31 heavy (non-hydrogen) atoms. The van der Waals surface area contributed by atoms with Crippen molar-refractivity contribution in [3.05, 3.63) is 65.2 Å². The minimum Gasteiger partial charge on any atom is -0.434 e. The van der Waals surface area contributed by atoms with E-state index in [2.05, 4.69) is 4.74 Å². The highest BCUT2D eigenvalue weighted by molar-refractivity contribution is 7.89. The van der Waals surface area contributed by atoms with Crippen molar-refractivity contribution in [2.75, 3.05) is 32.4 Å². The van der Waals surface area contributed by atoms with Gasteiger partial charge in [-0.2, -0.15) is 8.78 Å². The maximum atomic E-state index is 12.8. The van der Waals surface area contributed by atoms with Crippen LogP contribution in [0, 0.1) is 0 Å². The van der Waals surface area contributed by atoms with Gasteiger partial charge in [0.2, 0.25) is 0 Å². The molecule has 0 bridgehead atoms. The molecular formula is C21H22F2N2O5S. The van der Waals surface area contributed by atoms with Crippen LogP contribution < -0.4 is 4.74 Å². The number of carbonyl (C=O) groups is 2. The first kappa shape index (κ1) is 22.7. The number of hydrogen-bond acceptors (Lipinski definition) is 5. The van der Waals surface area contributed by atoms with Crippen LogP contribution in [-0.2, 0) is 15.6 Å². The number of halogens is 2. The lowest BCUT2D eigenvalue weighted by Crippen LogP contribution is -2.50. The number of amides is 2. The summed E-state index contributed by atoms with van der Waals surface area (Å²) in [7, 11) is -3.23. The number of alkyl halides is 2. The number of rotatable bonds is 6. The Morgan fingerprint density at radius 1 is 0.968 bits per heavy atom. The van der Waals surface area contributed by atoms with Crippen LogP contribution in [0.1, 0.15) is 26.3 Å². The van der Waals surface area contributed by atoms with E-state index in [0.717, 1.165) is 6.26 Å². The maximum absolute atomic E-state index is 12.8. The molecule has 1 heterocycles. The maximum Gasteiger partial charge on any atom is 0.387 e. The molecule has 2 aromatic carbocycles. The standard InChI is InChI=1S/C21H22F2N2O5S/c1-31(28,29)14-15-5-4-6-16(13-15)19(26)24-9-11-25(12-10-24)20(27)17-7-2-3-8-18(17)30-21(22)23/h2-8,13,21H,9-12,14H2,1H3. The fourth-order valence-corrected chi connectivity index (χ4v) is 4.19. The number of carbonyl (C=O) groups excluding carboxylic acids is 2. The number of benzene rings is 2. The van der Waals surface area contributed by atoms with E-state index in [0.29, 0.717) is 11.1 Å². The van der Waals surface area contributed by atoms with E-state index in [1.165, 1.54) is 23.1 Å². The summed E-state index contributed by atoms with van der Waals surface area (Å²) in [6.45, 7) is -2.05. The Bertz CT molecular complexity index is 1070. The van der Waals surface area contributed by atoms with Gasteiger partial charge in [0.1, 0.15) is 5.75 Å². The third-order valence-electron chi connectivity index (χ3n) is 4.79. The van der Waals surface area contributed by atoms with Gasteiger partial charge in [0.05, 0.1) is 11.3 Å². The molecule has 0 N–H and O–H groups in total. The van der Waals surface area contributed by atoms with Gasteiger partial charge < -0.3 is 14.5 Å². The Morgan fingerprint density at radius 2 is 1.58 bits per heavy atom. The van der Waals surface area contributed by atoms with Crippen LogP contribution >= 0.6 is 0 Å². The van der Waals surface area contributed by atoms with Crippen LogP contribution in [-0.4, -0.2) is 69.1 Å². The van der Waals surface area contributed by atoms with Crippen molar-refractivity contribution in [3.8, 4) is 5.75 Å². The minimum absolute atomic E-state index is 0.0380. The summed E-state index contributed by atoms with van der Waals surface area (Å²) >= 11 is 0. The molecule has 1 fully saturated rings. The lowest BCUT2D eigenvalue weighted by Gasteiger charge is -2.35. The summed E-state index contributed by atoms with van der Waals surface area (Å²) in [5.41, 5.74) is 0.936. The van der Waals surface area contributed by atoms with Crippen molar-refractivity contribution >= 4 is 21.7 Å². The first-order chi connectivity index (χ1) is 14.6. The average molecular weight is 452 g/mol. The molecule has 7 nitrogen and oxygen atoms in total. The van der Waals surface area contributed by atoms with Gasteiger partial charge in [0.25, 0.3) is 11.8 Å². The molecule has 0 spiro atoms. The van der Waals surface area contributed by atoms with Crippen molar-refractivity contribution in [3.63, 3.8) is 0 Å². The molecule has 1 saturated heterocycles. The molecule has 0 aliphatic carbocycles. The van der Waals surface area contributed by atoms with E-state index in [1.54, 1.807) is 35.2 Å². The van der Waals surface area contributed by atoms with Gasteiger partial charge in [-0.15, -0.1) is 0 Å². The van der Waals surface area contributed by atoms with Gasteiger partial charge in [0, 0.05) is 38.0 Å². The van der Waals surface area contributed by atoms with E-state index >= 15 is 0 Å². The molecule has 2 amide bonds. The second-order valence-corrected chi connectivity index (χ2v) is 9.37. The fourth-order valence-electron chi connectivity index (χ4n) is 3.40. The predicted octanol–water partition coefficient (Wildman–Crippen LogP) is 2.43. The molecule has 1 aliphatic rings. The first-order valence-electron chi connectivity index (χ1n) is 9.53. The Hall–Kier alpha value is -3.01. The number of sulfone groups is 1. The van der Waals surface area contributed by atoms with Crippen LogP contribution in [0.25, 0.3) is 0 Å². The van der Waals surface area contributed by atoms with Crippen molar-refractivity contribution in [2.45, 2.75) is 12.4 Å².